The lowest BCUT2D eigenvalue weighted by Gasteiger charge is -2.18. The molecular formula is C15H12Br2INO. The van der Waals surface area contributed by atoms with Gasteiger partial charge in [0, 0.05) is 24.5 Å². The number of ether oxygens (including phenoxy) is 1. The van der Waals surface area contributed by atoms with Gasteiger partial charge in [-0.3, -0.25) is 0 Å². The molecule has 2 aromatic rings. The van der Waals surface area contributed by atoms with Crippen LogP contribution in [0, 0.1) is 3.57 Å². The van der Waals surface area contributed by atoms with E-state index in [-0.39, 0.29) is 6.04 Å². The van der Waals surface area contributed by atoms with E-state index >= 15 is 0 Å². The summed E-state index contributed by atoms with van der Waals surface area (Å²) in [6.45, 7) is 0.735. The zero-order valence-corrected chi connectivity index (χ0v) is 15.8. The molecule has 2 nitrogen and oxygen atoms in total. The van der Waals surface area contributed by atoms with Gasteiger partial charge in [-0.25, -0.2) is 0 Å². The average molecular weight is 509 g/mol. The number of rotatable bonds is 2. The second kappa shape index (κ2) is 5.94. The second-order valence-electron chi connectivity index (χ2n) is 4.73. The van der Waals surface area contributed by atoms with E-state index in [9.17, 15) is 0 Å². The molecule has 0 amide bonds. The standard InChI is InChI=1S/C15H12Br2INO/c16-9-5-8-3-4-20-15(8)12(6-9)14(19)11-7-10(18)1-2-13(11)17/h1-2,5-7,14H,3-4,19H2. The van der Waals surface area contributed by atoms with E-state index in [0.717, 1.165) is 38.8 Å². The van der Waals surface area contributed by atoms with Crippen molar-refractivity contribution in [3.8, 4) is 5.75 Å². The lowest BCUT2D eigenvalue weighted by atomic mass is 9.96. The first-order valence-electron chi connectivity index (χ1n) is 6.22. The molecule has 0 aliphatic carbocycles. The van der Waals surface area contributed by atoms with Gasteiger partial charge in [0.15, 0.2) is 0 Å². The molecule has 0 saturated carbocycles. The van der Waals surface area contributed by atoms with E-state index in [1.165, 1.54) is 9.13 Å². The van der Waals surface area contributed by atoms with Gasteiger partial charge >= 0.3 is 0 Å². The number of hydrogen-bond donors (Lipinski definition) is 1. The summed E-state index contributed by atoms with van der Waals surface area (Å²) in [5.41, 5.74) is 9.84. The molecule has 2 aromatic carbocycles. The van der Waals surface area contributed by atoms with Crippen LogP contribution in [0.5, 0.6) is 5.75 Å². The molecule has 5 heteroatoms. The first-order valence-corrected chi connectivity index (χ1v) is 8.88. The third kappa shape index (κ3) is 2.77. The SMILES string of the molecule is NC(c1cc(I)ccc1Br)c1cc(Br)cc2c1OCC2. The van der Waals surface area contributed by atoms with Gasteiger partial charge in [0.1, 0.15) is 5.75 Å². The summed E-state index contributed by atoms with van der Waals surface area (Å²) in [5.74, 6) is 0.950. The van der Waals surface area contributed by atoms with Gasteiger partial charge in [0.2, 0.25) is 0 Å². The van der Waals surface area contributed by atoms with Gasteiger partial charge in [-0.15, -0.1) is 0 Å². The number of hydrogen-bond acceptors (Lipinski definition) is 2. The van der Waals surface area contributed by atoms with Crippen LogP contribution in [0.3, 0.4) is 0 Å². The Bertz CT molecular complexity index is 675. The van der Waals surface area contributed by atoms with Crippen molar-refractivity contribution < 1.29 is 4.74 Å². The van der Waals surface area contributed by atoms with Crippen molar-refractivity contribution in [1.29, 1.82) is 0 Å². The predicted molar refractivity (Wildman–Crippen MR) is 96.2 cm³/mol. The van der Waals surface area contributed by atoms with Crippen molar-refractivity contribution >= 4 is 54.5 Å². The van der Waals surface area contributed by atoms with Crippen LogP contribution >= 0.6 is 54.5 Å². The van der Waals surface area contributed by atoms with Crippen LogP contribution in [0.15, 0.2) is 39.3 Å². The van der Waals surface area contributed by atoms with Crippen LogP contribution in [0.4, 0.5) is 0 Å². The molecule has 1 heterocycles. The number of fused-ring (bicyclic) bond motifs is 1. The van der Waals surface area contributed by atoms with Crippen LogP contribution in [0.25, 0.3) is 0 Å². The number of nitrogens with two attached hydrogens (primary N) is 1. The molecule has 0 radical (unpaired) electrons. The Labute approximate surface area is 148 Å². The maximum absolute atomic E-state index is 6.49. The van der Waals surface area contributed by atoms with E-state index in [4.69, 9.17) is 10.5 Å². The molecule has 20 heavy (non-hydrogen) atoms. The lowest BCUT2D eigenvalue weighted by Crippen LogP contribution is -2.14. The number of halogens is 3. The summed E-state index contributed by atoms with van der Waals surface area (Å²) >= 11 is 9.46. The summed E-state index contributed by atoms with van der Waals surface area (Å²) < 4.78 is 9.02. The Balaban J connectivity index is 2.11. The van der Waals surface area contributed by atoms with Crippen LogP contribution in [-0.2, 0) is 6.42 Å². The molecule has 1 unspecified atom stereocenters. The Morgan fingerprint density at radius 2 is 1.95 bits per heavy atom. The maximum Gasteiger partial charge on any atom is 0.127 e. The highest BCUT2D eigenvalue weighted by molar-refractivity contribution is 14.1. The van der Waals surface area contributed by atoms with E-state index in [0.29, 0.717) is 0 Å². The van der Waals surface area contributed by atoms with Gasteiger partial charge in [-0.1, -0.05) is 31.9 Å². The molecule has 0 spiro atoms. The third-order valence-corrected chi connectivity index (χ3v) is 5.26. The molecule has 2 N–H and O–H groups in total. The first-order chi connectivity index (χ1) is 9.56. The van der Waals surface area contributed by atoms with Gasteiger partial charge in [-0.05, 0) is 64.0 Å². The molecule has 1 atom stereocenters. The van der Waals surface area contributed by atoms with Crippen molar-refractivity contribution in [2.75, 3.05) is 6.61 Å². The third-order valence-electron chi connectivity index (χ3n) is 3.41. The van der Waals surface area contributed by atoms with E-state index in [2.05, 4.69) is 78.7 Å². The second-order valence-corrected chi connectivity index (χ2v) is 7.74. The minimum absolute atomic E-state index is 0.205. The average Bonchev–Trinajstić information content (AvgIpc) is 2.87. The quantitative estimate of drug-likeness (QED) is 0.592. The molecule has 1 aliphatic rings. The van der Waals surface area contributed by atoms with Gasteiger partial charge in [-0.2, -0.15) is 0 Å². The van der Waals surface area contributed by atoms with Crippen LogP contribution < -0.4 is 10.5 Å². The van der Waals surface area contributed by atoms with E-state index < -0.39 is 0 Å². The first kappa shape index (κ1) is 14.8. The normalized spacial score (nSPS) is 14.8. The van der Waals surface area contributed by atoms with Crippen molar-refractivity contribution in [3.05, 3.63) is 59.5 Å². The molecule has 1 aliphatic heterocycles. The zero-order valence-electron chi connectivity index (χ0n) is 10.5. The molecule has 3 rings (SSSR count). The fraction of sp³-hybridized carbons (Fsp3) is 0.200. The highest BCUT2D eigenvalue weighted by Gasteiger charge is 2.23. The summed E-state index contributed by atoms with van der Waals surface area (Å²) in [6, 6.07) is 10.2. The summed E-state index contributed by atoms with van der Waals surface area (Å²) in [7, 11) is 0. The molecule has 0 fully saturated rings. The minimum Gasteiger partial charge on any atom is -0.493 e. The lowest BCUT2D eigenvalue weighted by molar-refractivity contribution is 0.352. The smallest absolute Gasteiger partial charge is 0.127 e. The Kier molecular flexibility index (Phi) is 4.40. The summed E-state index contributed by atoms with van der Waals surface area (Å²) in [5, 5.41) is 0. The monoisotopic (exact) mass is 507 g/mol. The Morgan fingerprint density at radius 1 is 1.15 bits per heavy atom. The van der Waals surface area contributed by atoms with Crippen molar-refractivity contribution in [3.63, 3.8) is 0 Å². The van der Waals surface area contributed by atoms with Crippen LogP contribution in [0.2, 0.25) is 0 Å². The fourth-order valence-corrected chi connectivity index (χ4v) is 3.98. The molecular weight excluding hydrogens is 497 g/mol. The summed E-state index contributed by atoms with van der Waals surface area (Å²) in [4.78, 5) is 0. The number of benzene rings is 2. The van der Waals surface area contributed by atoms with Crippen LogP contribution in [-0.4, -0.2) is 6.61 Å². The van der Waals surface area contributed by atoms with Gasteiger partial charge in [0.25, 0.3) is 0 Å². The minimum atomic E-state index is -0.205. The molecule has 0 aromatic heterocycles. The zero-order chi connectivity index (χ0) is 14.3. The maximum atomic E-state index is 6.49. The van der Waals surface area contributed by atoms with Crippen LogP contribution in [0.1, 0.15) is 22.7 Å². The van der Waals surface area contributed by atoms with Gasteiger partial charge < -0.3 is 10.5 Å². The molecule has 0 bridgehead atoms. The Hall–Kier alpha value is -0.110. The predicted octanol–water partition coefficient (Wildman–Crippen LogP) is 4.80. The van der Waals surface area contributed by atoms with E-state index in [1.54, 1.807) is 0 Å². The largest absolute Gasteiger partial charge is 0.493 e. The van der Waals surface area contributed by atoms with Crippen molar-refractivity contribution in [1.82, 2.24) is 0 Å². The highest BCUT2D eigenvalue weighted by atomic mass is 127. The Morgan fingerprint density at radius 3 is 2.75 bits per heavy atom. The fourth-order valence-electron chi connectivity index (χ4n) is 2.45. The molecule has 104 valence electrons. The van der Waals surface area contributed by atoms with Gasteiger partial charge in [0.05, 0.1) is 12.6 Å². The topological polar surface area (TPSA) is 35.2 Å². The molecule has 0 saturated heterocycles. The van der Waals surface area contributed by atoms with Crippen molar-refractivity contribution in [2.45, 2.75) is 12.5 Å². The summed E-state index contributed by atoms with van der Waals surface area (Å²) in [6.07, 6.45) is 0.946. The van der Waals surface area contributed by atoms with Crippen molar-refractivity contribution in [2.24, 2.45) is 5.73 Å². The van der Waals surface area contributed by atoms with E-state index in [1.807, 2.05) is 6.07 Å². The highest BCUT2D eigenvalue weighted by Crippen LogP contribution is 2.39.